The van der Waals surface area contributed by atoms with Crippen molar-refractivity contribution in [2.24, 2.45) is 0 Å². The van der Waals surface area contributed by atoms with E-state index in [4.69, 9.17) is 9.47 Å². The lowest BCUT2D eigenvalue weighted by atomic mass is 9.73. The fourth-order valence-corrected chi connectivity index (χ4v) is 4.76. The van der Waals surface area contributed by atoms with E-state index in [1.807, 2.05) is 72.8 Å². The van der Waals surface area contributed by atoms with Crippen LogP contribution in [0.2, 0.25) is 0 Å². The normalized spacial score (nSPS) is 12.4. The number of benzene rings is 4. The number of aliphatic hydroxyl groups is 1. The number of aliphatic hydroxyl groups excluding tert-OH is 1. The highest BCUT2D eigenvalue weighted by atomic mass is 16.5. The van der Waals surface area contributed by atoms with Gasteiger partial charge in [0.15, 0.2) is 5.78 Å². The second-order valence-corrected chi connectivity index (χ2v) is 9.93. The van der Waals surface area contributed by atoms with Crippen molar-refractivity contribution in [2.75, 3.05) is 13.7 Å². The van der Waals surface area contributed by atoms with Gasteiger partial charge >= 0.3 is 5.97 Å². The second-order valence-electron chi connectivity index (χ2n) is 9.93. The Bertz CT molecular complexity index is 1390. The maximum atomic E-state index is 12.8. The summed E-state index contributed by atoms with van der Waals surface area (Å²) in [5.74, 6) is 0.892. The molecule has 4 aromatic carbocycles. The summed E-state index contributed by atoms with van der Waals surface area (Å²) in [4.78, 5) is 24.5. The minimum atomic E-state index is -0.415. The van der Waals surface area contributed by atoms with Gasteiger partial charge in [0.1, 0.15) is 11.5 Å². The van der Waals surface area contributed by atoms with Crippen molar-refractivity contribution < 1.29 is 24.2 Å². The molecule has 0 aliphatic heterocycles. The van der Waals surface area contributed by atoms with Crippen LogP contribution in [0.1, 0.15) is 69.7 Å². The van der Waals surface area contributed by atoms with Crippen LogP contribution in [0.15, 0.2) is 97.1 Å². The molecule has 0 amide bonds. The van der Waals surface area contributed by atoms with E-state index in [-0.39, 0.29) is 17.8 Å². The first-order valence-corrected chi connectivity index (χ1v) is 13.1. The number of esters is 1. The molecule has 1 atom stereocenters. The van der Waals surface area contributed by atoms with Gasteiger partial charge in [0.2, 0.25) is 0 Å². The smallest absolute Gasteiger partial charge is 0.343 e. The summed E-state index contributed by atoms with van der Waals surface area (Å²) < 4.78 is 10.9. The summed E-state index contributed by atoms with van der Waals surface area (Å²) in [6.07, 6.45) is 2.12. The van der Waals surface area contributed by atoms with E-state index in [0.717, 1.165) is 40.8 Å². The number of carbonyl (C=O) groups is 2. The molecule has 0 aromatic heterocycles. The third-order valence-corrected chi connectivity index (χ3v) is 7.22. The summed E-state index contributed by atoms with van der Waals surface area (Å²) in [5.41, 5.74) is 5.12. The number of rotatable bonds is 11. The number of ether oxygens (including phenoxy) is 2. The van der Waals surface area contributed by atoms with Crippen molar-refractivity contribution in [3.8, 4) is 11.5 Å². The SMILES string of the molecule is COc1ccc(Cc2ccc(C(=O)Oc3ccc(C(C)(CCCO)c4ccc(C(C)=O)cc4)cc3)cc2)cc1. The molecule has 4 aromatic rings. The summed E-state index contributed by atoms with van der Waals surface area (Å²) in [6, 6.07) is 30.5. The number of Topliss-reactive ketones (excluding diaryl/α,β-unsaturated/α-hetero) is 1. The van der Waals surface area contributed by atoms with Crippen LogP contribution in [0.5, 0.6) is 11.5 Å². The molecule has 5 heteroatoms. The Morgan fingerprint density at radius 1 is 0.718 bits per heavy atom. The van der Waals surface area contributed by atoms with Crippen molar-refractivity contribution in [1.29, 1.82) is 0 Å². The maximum absolute atomic E-state index is 12.8. The monoisotopic (exact) mass is 522 g/mol. The summed E-state index contributed by atoms with van der Waals surface area (Å²) in [6.45, 7) is 3.77. The maximum Gasteiger partial charge on any atom is 0.343 e. The van der Waals surface area contributed by atoms with Crippen molar-refractivity contribution >= 4 is 11.8 Å². The molecule has 0 bridgehead atoms. The third-order valence-electron chi connectivity index (χ3n) is 7.22. The van der Waals surface area contributed by atoms with Crippen LogP contribution >= 0.6 is 0 Å². The fourth-order valence-electron chi connectivity index (χ4n) is 4.76. The molecule has 1 unspecified atom stereocenters. The van der Waals surface area contributed by atoms with Crippen LogP contribution in [0.25, 0.3) is 0 Å². The zero-order chi connectivity index (χ0) is 27.8. The van der Waals surface area contributed by atoms with Crippen LogP contribution in [0.3, 0.4) is 0 Å². The van der Waals surface area contributed by atoms with Crippen LogP contribution in [0, 0.1) is 0 Å². The predicted molar refractivity (Wildman–Crippen MR) is 153 cm³/mol. The van der Waals surface area contributed by atoms with Gasteiger partial charge in [-0.25, -0.2) is 4.79 Å². The van der Waals surface area contributed by atoms with E-state index in [1.165, 1.54) is 0 Å². The standard InChI is InChI=1S/C34H34O5/c1-24(36)27-11-13-29(14-12-27)34(2,21-4-22-35)30-15-19-32(20-16-30)39-33(37)28-9-5-25(6-10-28)23-26-7-17-31(38-3)18-8-26/h5-20,35H,4,21-23H2,1-3H3. The molecule has 200 valence electrons. The van der Waals surface area contributed by atoms with Gasteiger partial charge in [0, 0.05) is 17.6 Å². The largest absolute Gasteiger partial charge is 0.497 e. The first kappa shape index (κ1) is 27.8. The highest BCUT2D eigenvalue weighted by Gasteiger charge is 2.28. The molecule has 0 aliphatic rings. The first-order valence-electron chi connectivity index (χ1n) is 13.1. The molecule has 0 fully saturated rings. The summed E-state index contributed by atoms with van der Waals surface area (Å²) >= 11 is 0. The number of carbonyl (C=O) groups excluding carboxylic acids is 2. The zero-order valence-corrected chi connectivity index (χ0v) is 22.6. The molecule has 4 rings (SSSR count). The predicted octanol–water partition coefficient (Wildman–Crippen LogP) is 6.79. The average molecular weight is 523 g/mol. The van der Waals surface area contributed by atoms with Crippen molar-refractivity contribution in [1.82, 2.24) is 0 Å². The third kappa shape index (κ3) is 6.81. The quantitative estimate of drug-likeness (QED) is 0.133. The molecule has 0 heterocycles. The molecular formula is C34H34O5. The number of hydrogen-bond acceptors (Lipinski definition) is 5. The summed E-state index contributed by atoms with van der Waals surface area (Å²) in [7, 11) is 1.65. The van der Waals surface area contributed by atoms with Gasteiger partial charge in [-0.05, 0) is 84.8 Å². The first-order chi connectivity index (χ1) is 18.8. The van der Waals surface area contributed by atoms with Crippen LogP contribution in [0.4, 0.5) is 0 Å². The Hall–Kier alpha value is -4.22. The minimum absolute atomic E-state index is 0.0247. The van der Waals surface area contributed by atoms with E-state index in [0.29, 0.717) is 23.3 Å². The van der Waals surface area contributed by atoms with Crippen LogP contribution in [-0.4, -0.2) is 30.6 Å². The lowest BCUT2D eigenvalue weighted by molar-refractivity contribution is 0.0734. The topological polar surface area (TPSA) is 72.8 Å². The Morgan fingerprint density at radius 2 is 1.21 bits per heavy atom. The number of ketones is 1. The number of methoxy groups -OCH3 is 1. The summed E-state index contributed by atoms with van der Waals surface area (Å²) in [5, 5.41) is 9.50. The molecular weight excluding hydrogens is 488 g/mol. The van der Waals surface area contributed by atoms with E-state index >= 15 is 0 Å². The average Bonchev–Trinajstić information content (AvgIpc) is 2.97. The van der Waals surface area contributed by atoms with Gasteiger partial charge in [0.05, 0.1) is 12.7 Å². The van der Waals surface area contributed by atoms with Gasteiger partial charge in [-0.3, -0.25) is 4.79 Å². The highest BCUT2D eigenvalue weighted by Crippen LogP contribution is 2.37. The highest BCUT2D eigenvalue weighted by molar-refractivity contribution is 5.94. The van der Waals surface area contributed by atoms with E-state index in [1.54, 1.807) is 38.3 Å². The Balaban J connectivity index is 1.44. The molecule has 0 saturated carbocycles. The molecule has 0 saturated heterocycles. The van der Waals surface area contributed by atoms with Crippen LogP contribution < -0.4 is 9.47 Å². The van der Waals surface area contributed by atoms with Crippen molar-refractivity contribution in [3.05, 3.63) is 130 Å². The molecule has 0 spiro atoms. The van der Waals surface area contributed by atoms with E-state index in [9.17, 15) is 14.7 Å². The minimum Gasteiger partial charge on any atom is -0.497 e. The van der Waals surface area contributed by atoms with Gasteiger partial charge in [-0.15, -0.1) is 0 Å². The fraction of sp³-hybridized carbons (Fsp3) is 0.235. The van der Waals surface area contributed by atoms with Crippen molar-refractivity contribution in [3.63, 3.8) is 0 Å². The Morgan fingerprint density at radius 3 is 1.72 bits per heavy atom. The zero-order valence-electron chi connectivity index (χ0n) is 22.6. The van der Waals surface area contributed by atoms with Gasteiger partial charge in [-0.2, -0.15) is 0 Å². The molecule has 0 radical (unpaired) electrons. The second kappa shape index (κ2) is 12.5. The number of hydrogen-bond donors (Lipinski definition) is 1. The van der Waals surface area contributed by atoms with Gasteiger partial charge in [-0.1, -0.05) is 67.6 Å². The van der Waals surface area contributed by atoms with E-state index < -0.39 is 5.97 Å². The molecule has 39 heavy (non-hydrogen) atoms. The van der Waals surface area contributed by atoms with Gasteiger partial charge in [0.25, 0.3) is 0 Å². The molecule has 1 N–H and O–H groups in total. The molecule has 0 aliphatic carbocycles. The van der Waals surface area contributed by atoms with Crippen LogP contribution in [-0.2, 0) is 11.8 Å². The lowest BCUT2D eigenvalue weighted by Crippen LogP contribution is -2.24. The molecule has 5 nitrogen and oxygen atoms in total. The van der Waals surface area contributed by atoms with Crippen molar-refractivity contribution in [2.45, 2.75) is 38.5 Å². The Labute approximate surface area is 230 Å². The Kier molecular flexibility index (Phi) is 8.95. The van der Waals surface area contributed by atoms with Gasteiger partial charge < -0.3 is 14.6 Å². The van der Waals surface area contributed by atoms with E-state index in [2.05, 4.69) is 6.92 Å². The lowest BCUT2D eigenvalue weighted by Gasteiger charge is -2.31.